The molecule has 2 heterocycles. The van der Waals surface area contributed by atoms with E-state index in [9.17, 15) is 26.4 Å². The second-order valence-corrected chi connectivity index (χ2v) is 8.63. The number of amides is 1. The van der Waals surface area contributed by atoms with Crippen LogP contribution in [0.2, 0.25) is 0 Å². The third-order valence-electron chi connectivity index (χ3n) is 4.73. The minimum Gasteiger partial charge on any atom is -0.406 e. The van der Waals surface area contributed by atoms with Crippen molar-refractivity contribution in [1.82, 2.24) is 14.1 Å². The quantitative estimate of drug-likeness (QED) is 0.677. The number of rotatable bonds is 5. The Morgan fingerprint density at radius 1 is 1.07 bits per heavy atom. The highest BCUT2D eigenvalue weighted by Gasteiger charge is 2.33. The zero-order chi connectivity index (χ0) is 21.1. The minimum absolute atomic E-state index is 0.0710. The number of alkyl halides is 3. The van der Waals surface area contributed by atoms with Crippen LogP contribution in [0, 0.1) is 0 Å². The van der Waals surface area contributed by atoms with Crippen molar-refractivity contribution in [2.45, 2.75) is 11.3 Å². The van der Waals surface area contributed by atoms with Gasteiger partial charge in [-0.05, 0) is 12.1 Å². The van der Waals surface area contributed by atoms with E-state index in [1.165, 1.54) is 12.1 Å². The van der Waals surface area contributed by atoms with E-state index in [0.717, 1.165) is 16.4 Å². The van der Waals surface area contributed by atoms with Gasteiger partial charge in [0.1, 0.15) is 5.75 Å². The topological polar surface area (TPSA) is 79.4 Å². The average molecular weight is 437 g/mol. The van der Waals surface area contributed by atoms with Crippen molar-refractivity contribution in [3.63, 3.8) is 0 Å². The fourth-order valence-electron chi connectivity index (χ4n) is 3.21. The standard InChI is InChI=1S/C17H22F3N3O5S/c18-17(19,20)28-14-2-1-3-15(12-14)29(25,26)23-6-4-22(5-7-23)16(24)13-21-8-10-27-11-9-21/h1-3,12H,4-11,13H2. The van der Waals surface area contributed by atoms with Crippen LogP contribution in [-0.4, -0.2) is 93.8 Å². The van der Waals surface area contributed by atoms with Crippen molar-refractivity contribution in [3.05, 3.63) is 24.3 Å². The van der Waals surface area contributed by atoms with E-state index in [2.05, 4.69) is 4.74 Å². The molecular weight excluding hydrogens is 415 g/mol. The van der Waals surface area contributed by atoms with Crippen LogP contribution in [0.25, 0.3) is 0 Å². The molecule has 1 aromatic rings. The summed E-state index contributed by atoms with van der Waals surface area (Å²) in [6.07, 6.45) is -4.91. The molecule has 0 saturated carbocycles. The van der Waals surface area contributed by atoms with Gasteiger partial charge in [-0.2, -0.15) is 4.31 Å². The molecule has 0 unspecified atom stereocenters. The number of halogens is 3. The van der Waals surface area contributed by atoms with E-state index in [1.807, 2.05) is 4.90 Å². The molecular formula is C17H22F3N3O5S. The van der Waals surface area contributed by atoms with Gasteiger partial charge in [0.2, 0.25) is 15.9 Å². The number of hydrogen-bond donors (Lipinski definition) is 0. The molecule has 0 aliphatic carbocycles. The number of carbonyl (C=O) groups is 1. The second kappa shape index (κ2) is 8.86. The molecule has 0 spiro atoms. The van der Waals surface area contributed by atoms with Crippen LogP contribution >= 0.6 is 0 Å². The summed E-state index contributed by atoms with van der Waals surface area (Å²) in [6.45, 7) is 3.36. The van der Waals surface area contributed by atoms with Gasteiger partial charge < -0.3 is 14.4 Å². The summed E-state index contributed by atoms with van der Waals surface area (Å²) in [5, 5.41) is 0. The number of morpholine rings is 1. The maximum atomic E-state index is 12.8. The molecule has 12 heteroatoms. The van der Waals surface area contributed by atoms with Crippen LogP contribution in [0.1, 0.15) is 0 Å². The second-order valence-electron chi connectivity index (χ2n) is 6.70. The molecule has 0 atom stereocenters. The lowest BCUT2D eigenvalue weighted by atomic mass is 10.3. The van der Waals surface area contributed by atoms with Gasteiger partial charge in [-0.3, -0.25) is 9.69 Å². The molecule has 1 amide bonds. The molecule has 0 radical (unpaired) electrons. The monoisotopic (exact) mass is 437 g/mol. The van der Waals surface area contributed by atoms with E-state index < -0.39 is 22.1 Å². The van der Waals surface area contributed by atoms with Crippen molar-refractivity contribution in [2.24, 2.45) is 0 Å². The van der Waals surface area contributed by atoms with Crippen LogP contribution in [0.4, 0.5) is 13.2 Å². The van der Waals surface area contributed by atoms with Crippen molar-refractivity contribution in [3.8, 4) is 5.75 Å². The number of piperazine rings is 1. The van der Waals surface area contributed by atoms with Gasteiger partial charge >= 0.3 is 6.36 Å². The van der Waals surface area contributed by atoms with E-state index >= 15 is 0 Å². The Kier molecular flexibility index (Phi) is 6.66. The smallest absolute Gasteiger partial charge is 0.406 e. The summed E-state index contributed by atoms with van der Waals surface area (Å²) in [6, 6.07) is 4.29. The number of nitrogens with zero attached hydrogens (tertiary/aromatic N) is 3. The average Bonchev–Trinajstić information content (AvgIpc) is 2.68. The van der Waals surface area contributed by atoms with E-state index in [4.69, 9.17) is 4.74 Å². The molecule has 2 fully saturated rings. The maximum absolute atomic E-state index is 12.8. The predicted octanol–water partition coefficient (Wildman–Crippen LogP) is 0.750. The van der Waals surface area contributed by atoms with Gasteiger partial charge in [-0.15, -0.1) is 13.2 Å². The fourth-order valence-corrected chi connectivity index (χ4v) is 4.67. The maximum Gasteiger partial charge on any atom is 0.573 e. The lowest BCUT2D eigenvalue weighted by Gasteiger charge is -2.35. The van der Waals surface area contributed by atoms with Gasteiger partial charge in [0.15, 0.2) is 0 Å². The molecule has 2 saturated heterocycles. The van der Waals surface area contributed by atoms with Crippen molar-refractivity contribution in [1.29, 1.82) is 0 Å². The van der Waals surface area contributed by atoms with Crippen LogP contribution in [0.15, 0.2) is 29.2 Å². The van der Waals surface area contributed by atoms with E-state index in [1.54, 1.807) is 4.90 Å². The summed E-state index contributed by atoms with van der Waals surface area (Å²) in [7, 11) is -4.00. The number of hydrogen-bond acceptors (Lipinski definition) is 6. The first kappa shape index (κ1) is 21.8. The molecule has 3 rings (SSSR count). The van der Waals surface area contributed by atoms with Gasteiger partial charge in [-0.1, -0.05) is 6.07 Å². The normalized spacial score (nSPS) is 19.9. The molecule has 1 aromatic carbocycles. The third kappa shape index (κ3) is 5.81. The number of ether oxygens (including phenoxy) is 2. The first-order valence-electron chi connectivity index (χ1n) is 9.09. The van der Waals surface area contributed by atoms with Crippen LogP contribution in [0.3, 0.4) is 0 Å². The zero-order valence-corrected chi connectivity index (χ0v) is 16.4. The van der Waals surface area contributed by atoms with Gasteiger partial charge in [-0.25, -0.2) is 8.42 Å². The predicted molar refractivity (Wildman–Crippen MR) is 95.7 cm³/mol. The number of sulfonamides is 1. The third-order valence-corrected chi connectivity index (χ3v) is 6.63. The van der Waals surface area contributed by atoms with Gasteiger partial charge in [0.05, 0.1) is 24.7 Å². The van der Waals surface area contributed by atoms with E-state index in [-0.39, 0.29) is 43.5 Å². The summed E-state index contributed by atoms with van der Waals surface area (Å²) in [4.78, 5) is 15.7. The first-order valence-corrected chi connectivity index (χ1v) is 10.5. The van der Waals surface area contributed by atoms with Crippen LogP contribution < -0.4 is 4.74 Å². The van der Waals surface area contributed by atoms with Crippen molar-refractivity contribution in [2.75, 3.05) is 59.0 Å². The van der Waals surface area contributed by atoms with Gasteiger partial charge in [0, 0.05) is 45.3 Å². The van der Waals surface area contributed by atoms with E-state index in [0.29, 0.717) is 26.3 Å². The van der Waals surface area contributed by atoms with Crippen molar-refractivity contribution >= 4 is 15.9 Å². The Balaban J connectivity index is 1.59. The van der Waals surface area contributed by atoms with Crippen LogP contribution in [-0.2, 0) is 19.6 Å². The Morgan fingerprint density at radius 2 is 1.72 bits per heavy atom. The highest BCUT2D eigenvalue weighted by molar-refractivity contribution is 7.89. The highest BCUT2D eigenvalue weighted by Crippen LogP contribution is 2.26. The van der Waals surface area contributed by atoms with Crippen LogP contribution in [0.5, 0.6) is 5.75 Å². The SMILES string of the molecule is O=C(CN1CCOCC1)N1CCN(S(=O)(=O)c2cccc(OC(F)(F)F)c2)CC1. The summed E-state index contributed by atoms with van der Waals surface area (Å²) >= 11 is 0. The molecule has 8 nitrogen and oxygen atoms in total. The zero-order valence-electron chi connectivity index (χ0n) is 15.6. The lowest BCUT2D eigenvalue weighted by Crippen LogP contribution is -2.53. The molecule has 2 aliphatic heterocycles. The summed E-state index contributed by atoms with van der Waals surface area (Å²) in [5.41, 5.74) is 0. The molecule has 162 valence electrons. The first-order chi connectivity index (χ1) is 13.6. The number of carbonyl (C=O) groups excluding carboxylic acids is 1. The van der Waals surface area contributed by atoms with Gasteiger partial charge in [0.25, 0.3) is 0 Å². The largest absolute Gasteiger partial charge is 0.573 e. The molecule has 0 N–H and O–H groups in total. The molecule has 29 heavy (non-hydrogen) atoms. The minimum atomic E-state index is -4.91. The highest BCUT2D eigenvalue weighted by atomic mass is 32.2. The molecule has 0 aromatic heterocycles. The number of benzene rings is 1. The summed E-state index contributed by atoms with van der Waals surface area (Å²) < 4.78 is 72.9. The summed E-state index contributed by atoms with van der Waals surface area (Å²) in [5.74, 6) is -0.678. The van der Waals surface area contributed by atoms with Crippen molar-refractivity contribution < 1.29 is 35.9 Å². The Bertz CT molecular complexity index is 820. The Morgan fingerprint density at radius 3 is 2.34 bits per heavy atom. The fraction of sp³-hybridized carbons (Fsp3) is 0.588. The lowest BCUT2D eigenvalue weighted by molar-refractivity contribution is -0.274. The Labute approximate surface area is 166 Å². The Hall–Kier alpha value is -1.89. The molecule has 0 bridgehead atoms. The molecule has 2 aliphatic rings.